The fourth-order valence-corrected chi connectivity index (χ4v) is 3.46. The van der Waals surface area contributed by atoms with Gasteiger partial charge in [-0.3, -0.25) is 9.79 Å². The Morgan fingerprint density at radius 1 is 1.15 bits per heavy atom. The lowest BCUT2D eigenvalue weighted by Crippen LogP contribution is -2.44. The number of rotatable bonds is 5. The van der Waals surface area contributed by atoms with E-state index in [1.54, 1.807) is 19.2 Å². The molecule has 27 heavy (non-hydrogen) atoms. The van der Waals surface area contributed by atoms with Gasteiger partial charge in [-0.15, -0.1) is 24.0 Å². The molecule has 0 atom stereocenters. The van der Waals surface area contributed by atoms with Crippen LogP contribution in [0.4, 0.5) is 0 Å². The van der Waals surface area contributed by atoms with E-state index >= 15 is 0 Å². The van der Waals surface area contributed by atoms with Gasteiger partial charge in [-0.25, -0.2) is 0 Å². The third-order valence-corrected chi connectivity index (χ3v) is 4.90. The van der Waals surface area contributed by atoms with Crippen LogP contribution < -0.4 is 16.4 Å². The molecule has 4 N–H and O–H groups in total. The summed E-state index contributed by atoms with van der Waals surface area (Å²) in [6.45, 7) is 0.451. The van der Waals surface area contributed by atoms with Crippen LogP contribution in [-0.4, -0.2) is 25.0 Å². The fraction of sp³-hybridized carbons (Fsp3) is 0.400. The first kappa shape index (κ1) is 21.3. The highest BCUT2D eigenvalue weighted by molar-refractivity contribution is 14.0. The number of carbonyl (C=O) groups is 1. The Labute approximate surface area is 177 Å². The molecule has 0 radical (unpaired) electrons. The summed E-state index contributed by atoms with van der Waals surface area (Å²) in [4.78, 5) is 15.3. The Hall–Kier alpha value is -2.03. The fourth-order valence-electron chi connectivity index (χ4n) is 3.46. The number of carbonyl (C=O) groups excluding carboxylic acids is 1. The zero-order valence-electron chi connectivity index (χ0n) is 15.5. The Balaban J connectivity index is 0.00000261. The molecule has 146 valence electrons. The van der Waals surface area contributed by atoms with Crippen LogP contribution in [0.5, 0.6) is 0 Å². The molecule has 1 saturated carbocycles. The second-order valence-electron chi connectivity index (χ2n) is 6.66. The first-order chi connectivity index (χ1) is 12.7. The molecule has 1 amide bonds. The summed E-state index contributed by atoms with van der Waals surface area (Å²) < 4.78 is 5.37. The van der Waals surface area contributed by atoms with Crippen LogP contribution in [0.25, 0.3) is 0 Å². The van der Waals surface area contributed by atoms with Crippen molar-refractivity contribution in [3.63, 3.8) is 0 Å². The number of guanidine groups is 1. The molecular formula is C20H27IN4O2. The highest BCUT2D eigenvalue weighted by Gasteiger charge is 2.22. The average Bonchev–Trinajstić information content (AvgIpc) is 3.16. The maximum Gasteiger partial charge on any atom is 0.284 e. The van der Waals surface area contributed by atoms with Gasteiger partial charge in [0.25, 0.3) is 5.91 Å². The average molecular weight is 482 g/mol. The topological polar surface area (TPSA) is 92.6 Å². The van der Waals surface area contributed by atoms with E-state index in [9.17, 15) is 4.79 Å². The second kappa shape index (κ2) is 10.3. The lowest BCUT2D eigenvalue weighted by molar-refractivity contribution is 0.0972. The number of nitrogens with two attached hydrogens (primary N) is 1. The number of primary amides is 1. The van der Waals surface area contributed by atoms with Crippen LogP contribution in [0, 0.1) is 0 Å². The molecule has 1 heterocycles. The molecule has 1 aromatic carbocycles. The van der Waals surface area contributed by atoms with Crippen molar-refractivity contribution in [3.8, 4) is 0 Å². The normalized spacial score (nSPS) is 19.8. The minimum atomic E-state index is -0.561. The lowest BCUT2D eigenvalue weighted by atomic mass is 9.82. The molecular weight excluding hydrogens is 455 g/mol. The van der Waals surface area contributed by atoms with Gasteiger partial charge in [-0.2, -0.15) is 0 Å². The smallest absolute Gasteiger partial charge is 0.284 e. The van der Waals surface area contributed by atoms with E-state index in [1.807, 2.05) is 0 Å². The highest BCUT2D eigenvalue weighted by atomic mass is 127. The van der Waals surface area contributed by atoms with Gasteiger partial charge in [-0.05, 0) is 49.3 Å². The summed E-state index contributed by atoms with van der Waals surface area (Å²) in [5, 5.41) is 6.70. The van der Waals surface area contributed by atoms with E-state index in [0.29, 0.717) is 24.3 Å². The number of nitrogens with zero attached hydrogens (tertiary/aromatic N) is 1. The van der Waals surface area contributed by atoms with E-state index in [-0.39, 0.29) is 29.7 Å². The molecule has 7 heteroatoms. The predicted octanol–water partition coefficient (Wildman–Crippen LogP) is 3.39. The van der Waals surface area contributed by atoms with E-state index in [2.05, 4.69) is 46.0 Å². The molecule has 0 bridgehead atoms. The summed E-state index contributed by atoms with van der Waals surface area (Å²) in [7, 11) is 1.75. The van der Waals surface area contributed by atoms with Crippen molar-refractivity contribution in [2.45, 2.75) is 44.2 Å². The van der Waals surface area contributed by atoms with Crippen LogP contribution >= 0.6 is 24.0 Å². The predicted molar refractivity (Wildman–Crippen MR) is 117 cm³/mol. The van der Waals surface area contributed by atoms with Crippen LogP contribution in [-0.2, 0) is 6.54 Å². The van der Waals surface area contributed by atoms with Gasteiger partial charge in [-0.1, -0.05) is 30.3 Å². The number of nitrogens with one attached hydrogen (secondary N) is 2. The maximum absolute atomic E-state index is 11.1. The summed E-state index contributed by atoms with van der Waals surface area (Å²) in [6, 6.07) is 14.5. The zero-order valence-corrected chi connectivity index (χ0v) is 17.8. The first-order valence-electron chi connectivity index (χ1n) is 9.06. The van der Waals surface area contributed by atoms with Crippen LogP contribution in [0.15, 0.2) is 51.9 Å². The summed E-state index contributed by atoms with van der Waals surface area (Å²) in [6.07, 6.45) is 4.59. The van der Waals surface area contributed by atoms with Gasteiger partial charge in [0.1, 0.15) is 5.76 Å². The second-order valence-corrected chi connectivity index (χ2v) is 6.66. The van der Waals surface area contributed by atoms with Crippen molar-refractivity contribution < 1.29 is 9.21 Å². The molecule has 0 aliphatic heterocycles. The largest absolute Gasteiger partial charge is 0.454 e. The zero-order chi connectivity index (χ0) is 18.4. The molecule has 6 nitrogen and oxygen atoms in total. The molecule has 0 unspecified atom stereocenters. The Kier molecular flexibility index (Phi) is 8.15. The molecule has 2 aromatic rings. The van der Waals surface area contributed by atoms with Crippen molar-refractivity contribution in [1.29, 1.82) is 0 Å². The van der Waals surface area contributed by atoms with E-state index in [4.69, 9.17) is 10.2 Å². The molecule has 1 aliphatic carbocycles. The minimum Gasteiger partial charge on any atom is -0.454 e. The number of amides is 1. The Morgan fingerprint density at radius 3 is 2.44 bits per heavy atom. The van der Waals surface area contributed by atoms with Gasteiger partial charge in [0.15, 0.2) is 11.7 Å². The van der Waals surface area contributed by atoms with E-state index < -0.39 is 5.91 Å². The summed E-state index contributed by atoms with van der Waals surface area (Å²) in [5.74, 6) is 1.65. The van der Waals surface area contributed by atoms with E-state index in [1.165, 1.54) is 18.4 Å². The Morgan fingerprint density at radius 2 is 1.85 bits per heavy atom. The van der Waals surface area contributed by atoms with Gasteiger partial charge < -0.3 is 20.8 Å². The highest BCUT2D eigenvalue weighted by Crippen LogP contribution is 2.32. The number of benzene rings is 1. The standard InChI is InChI=1S/C20H26N4O2.HI/c1-22-20(23-13-17-11-12-18(26-17)19(21)25)24-16-9-7-15(8-10-16)14-5-3-2-4-6-14;/h2-6,11-12,15-16H,7-10,13H2,1H3,(H2,21,25)(H2,22,23,24);1H. The monoisotopic (exact) mass is 482 g/mol. The SMILES string of the molecule is CN=C(NCc1ccc(C(N)=O)o1)NC1CCC(c2ccccc2)CC1.I. The van der Waals surface area contributed by atoms with Crippen LogP contribution in [0.3, 0.4) is 0 Å². The molecule has 1 fully saturated rings. The number of aliphatic imine (C=N–C) groups is 1. The lowest BCUT2D eigenvalue weighted by Gasteiger charge is -2.30. The maximum atomic E-state index is 11.1. The van der Waals surface area contributed by atoms with Gasteiger partial charge >= 0.3 is 0 Å². The van der Waals surface area contributed by atoms with Crippen LogP contribution in [0.2, 0.25) is 0 Å². The third-order valence-electron chi connectivity index (χ3n) is 4.90. The Bertz CT molecular complexity index is 752. The minimum absolute atomic E-state index is 0. The van der Waals surface area contributed by atoms with E-state index in [0.717, 1.165) is 18.8 Å². The van der Waals surface area contributed by atoms with Crippen molar-refractivity contribution >= 4 is 35.8 Å². The molecule has 1 aliphatic rings. The summed E-state index contributed by atoms with van der Waals surface area (Å²) >= 11 is 0. The number of halogens is 1. The number of hydrogen-bond donors (Lipinski definition) is 3. The molecule has 1 aromatic heterocycles. The summed E-state index contributed by atoms with van der Waals surface area (Å²) in [5.41, 5.74) is 6.64. The van der Waals surface area contributed by atoms with Gasteiger partial charge in [0.05, 0.1) is 6.54 Å². The molecule has 0 spiro atoms. The molecule has 0 saturated heterocycles. The van der Waals surface area contributed by atoms with Crippen molar-refractivity contribution in [2.75, 3.05) is 7.05 Å². The van der Waals surface area contributed by atoms with Gasteiger partial charge in [0.2, 0.25) is 0 Å². The molecule has 3 rings (SSSR count). The van der Waals surface area contributed by atoms with Crippen LogP contribution in [0.1, 0.15) is 53.5 Å². The van der Waals surface area contributed by atoms with Crippen molar-refractivity contribution in [2.24, 2.45) is 10.7 Å². The first-order valence-corrected chi connectivity index (χ1v) is 9.06. The van der Waals surface area contributed by atoms with Gasteiger partial charge in [0, 0.05) is 13.1 Å². The quantitative estimate of drug-likeness (QED) is 0.346. The third kappa shape index (κ3) is 5.98. The van der Waals surface area contributed by atoms with Crippen molar-refractivity contribution in [3.05, 3.63) is 59.5 Å². The number of furan rings is 1. The number of hydrogen-bond acceptors (Lipinski definition) is 3. The van der Waals surface area contributed by atoms with Crippen molar-refractivity contribution in [1.82, 2.24) is 10.6 Å².